The van der Waals surface area contributed by atoms with Gasteiger partial charge in [0.2, 0.25) is 5.95 Å². The number of aromatic nitrogens is 2. The summed E-state index contributed by atoms with van der Waals surface area (Å²) >= 11 is 12.4. The maximum atomic E-state index is 13.0. The molecule has 0 saturated carbocycles. The number of fused-ring (bicyclic) bond motifs is 1. The van der Waals surface area contributed by atoms with Crippen molar-refractivity contribution in [2.45, 2.75) is 46.7 Å². The molecule has 0 aliphatic carbocycles. The quantitative estimate of drug-likeness (QED) is 0.743. The summed E-state index contributed by atoms with van der Waals surface area (Å²) in [6.07, 6.45) is 2.86. The second kappa shape index (κ2) is 7.99. The number of unbranched alkanes of at least 4 members (excludes halogenated alkanes) is 1. The Bertz CT molecular complexity index is 845. The minimum atomic E-state index is 0.0364. The van der Waals surface area contributed by atoms with Crippen LogP contribution < -0.4 is 10.5 Å². The van der Waals surface area contributed by atoms with Crippen molar-refractivity contribution in [1.82, 2.24) is 14.5 Å². The SMILES string of the molecule is CCCCN1CN(c2cc(Cl)cc(Cl)c2)c2nc(C)c(CC)c(=O)n2C1. The molecule has 5 nitrogen and oxygen atoms in total. The van der Waals surface area contributed by atoms with E-state index in [-0.39, 0.29) is 5.56 Å². The van der Waals surface area contributed by atoms with Crippen LogP contribution in [0.15, 0.2) is 23.0 Å². The van der Waals surface area contributed by atoms with Crippen molar-refractivity contribution in [2.75, 3.05) is 18.1 Å². The Hall–Kier alpha value is -1.56. The molecular formula is C19H24Cl2N4O. The minimum absolute atomic E-state index is 0.0364. The molecule has 1 aliphatic rings. The monoisotopic (exact) mass is 394 g/mol. The lowest BCUT2D eigenvalue weighted by Gasteiger charge is -2.38. The van der Waals surface area contributed by atoms with Crippen molar-refractivity contribution in [3.05, 3.63) is 49.9 Å². The topological polar surface area (TPSA) is 41.4 Å². The zero-order chi connectivity index (χ0) is 18.8. The lowest BCUT2D eigenvalue weighted by atomic mass is 10.2. The third-order valence-corrected chi connectivity index (χ3v) is 5.15. The molecule has 140 valence electrons. The molecule has 0 spiro atoms. The van der Waals surface area contributed by atoms with Crippen LogP contribution >= 0.6 is 23.2 Å². The van der Waals surface area contributed by atoms with E-state index in [0.717, 1.165) is 36.3 Å². The van der Waals surface area contributed by atoms with Crippen molar-refractivity contribution < 1.29 is 0 Å². The molecule has 2 heterocycles. The smallest absolute Gasteiger partial charge is 0.259 e. The Labute approximate surface area is 164 Å². The average molecular weight is 395 g/mol. The van der Waals surface area contributed by atoms with Gasteiger partial charge in [0.15, 0.2) is 0 Å². The van der Waals surface area contributed by atoms with Crippen molar-refractivity contribution in [1.29, 1.82) is 0 Å². The van der Waals surface area contributed by atoms with Gasteiger partial charge in [0.1, 0.15) is 0 Å². The predicted molar refractivity (Wildman–Crippen MR) is 108 cm³/mol. The molecule has 0 unspecified atom stereocenters. The highest BCUT2D eigenvalue weighted by molar-refractivity contribution is 6.35. The molecule has 1 aromatic heterocycles. The zero-order valence-electron chi connectivity index (χ0n) is 15.4. The van der Waals surface area contributed by atoms with Gasteiger partial charge in [0.05, 0.1) is 13.3 Å². The highest BCUT2D eigenvalue weighted by atomic mass is 35.5. The summed E-state index contributed by atoms with van der Waals surface area (Å²) in [7, 11) is 0. The van der Waals surface area contributed by atoms with E-state index in [9.17, 15) is 4.79 Å². The third-order valence-electron chi connectivity index (χ3n) is 4.71. The Morgan fingerprint density at radius 2 is 1.81 bits per heavy atom. The molecular weight excluding hydrogens is 371 g/mol. The van der Waals surface area contributed by atoms with Gasteiger partial charge in [-0.25, -0.2) is 4.98 Å². The highest BCUT2D eigenvalue weighted by Crippen LogP contribution is 2.32. The molecule has 0 fully saturated rings. The molecule has 0 radical (unpaired) electrons. The van der Waals surface area contributed by atoms with Gasteiger partial charge >= 0.3 is 0 Å². The second-order valence-corrected chi connectivity index (χ2v) is 7.52. The number of rotatable bonds is 5. The van der Waals surface area contributed by atoms with Gasteiger partial charge in [-0.2, -0.15) is 0 Å². The summed E-state index contributed by atoms with van der Waals surface area (Å²) in [5.41, 5.74) is 2.43. The fraction of sp³-hybridized carbons (Fsp3) is 0.474. The predicted octanol–water partition coefficient (Wildman–Crippen LogP) is 4.59. The van der Waals surface area contributed by atoms with E-state index in [1.807, 2.05) is 30.9 Å². The number of benzene rings is 1. The van der Waals surface area contributed by atoms with Gasteiger partial charge in [-0.1, -0.05) is 43.5 Å². The van der Waals surface area contributed by atoms with Crippen molar-refractivity contribution in [2.24, 2.45) is 0 Å². The third kappa shape index (κ3) is 3.75. The van der Waals surface area contributed by atoms with Gasteiger partial charge in [-0.15, -0.1) is 0 Å². The Kier molecular flexibility index (Phi) is 5.90. The van der Waals surface area contributed by atoms with Crippen LogP contribution in [-0.4, -0.2) is 27.7 Å². The first-order valence-corrected chi connectivity index (χ1v) is 9.76. The number of hydrogen-bond donors (Lipinski definition) is 0. The van der Waals surface area contributed by atoms with E-state index in [4.69, 9.17) is 28.2 Å². The number of nitrogens with zero attached hydrogens (tertiary/aromatic N) is 4. The van der Waals surface area contributed by atoms with Crippen LogP contribution in [0.2, 0.25) is 10.0 Å². The summed E-state index contributed by atoms with van der Waals surface area (Å²) in [6.45, 7) is 8.17. The van der Waals surface area contributed by atoms with Crippen LogP contribution in [0, 0.1) is 6.92 Å². The van der Waals surface area contributed by atoms with Crippen molar-refractivity contribution >= 4 is 34.8 Å². The molecule has 0 atom stereocenters. The van der Waals surface area contributed by atoms with Gasteiger partial charge in [0.25, 0.3) is 5.56 Å². The maximum Gasteiger partial charge on any atom is 0.259 e. The minimum Gasteiger partial charge on any atom is -0.298 e. The van der Waals surface area contributed by atoms with Crippen LogP contribution in [0.1, 0.15) is 37.9 Å². The van der Waals surface area contributed by atoms with Crippen LogP contribution in [-0.2, 0) is 13.1 Å². The van der Waals surface area contributed by atoms with Crippen LogP contribution in [0.4, 0.5) is 11.6 Å². The molecule has 1 aliphatic heterocycles. The molecule has 0 N–H and O–H groups in total. The molecule has 1 aromatic carbocycles. The number of anilines is 2. The maximum absolute atomic E-state index is 13.0. The van der Waals surface area contributed by atoms with Crippen molar-refractivity contribution in [3.63, 3.8) is 0 Å². The zero-order valence-corrected chi connectivity index (χ0v) is 16.9. The second-order valence-electron chi connectivity index (χ2n) is 6.65. The largest absolute Gasteiger partial charge is 0.298 e. The van der Waals surface area contributed by atoms with Crippen LogP contribution in [0.5, 0.6) is 0 Å². The molecule has 0 amide bonds. The first-order chi connectivity index (χ1) is 12.4. The van der Waals surface area contributed by atoms with Gasteiger partial charge in [0, 0.05) is 33.5 Å². The first-order valence-electron chi connectivity index (χ1n) is 9.00. The summed E-state index contributed by atoms with van der Waals surface area (Å²) in [5, 5.41) is 1.13. The van der Waals surface area contributed by atoms with E-state index in [1.165, 1.54) is 0 Å². The van der Waals surface area contributed by atoms with E-state index in [0.29, 0.717) is 35.8 Å². The van der Waals surface area contributed by atoms with E-state index in [2.05, 4.69) is 11.8 Å². The Morgan fingerprint density at radius 1 is 1.12 bits per heavy atom. The molecule has 2 aromatic rings. The van der Waals surface area contributed by atoms with Gasteiger partial charge in [-0.3, -0.25) is 19.2 Å². The van der Waals surface area contributed by atoms with Crippen LogP contribution in [0.3, 0.4) is 0 Å². The van der Waals surface area contributed by atoms with Gasteiger partial charge < -0.3 is 0 Å². The summed E-state index contributed by atoms with van der Waals surface area (Å²) in [5.74, 6) is 0.649. The summed E-state index contributed by atoms with van der Waals surface area (Å²) in [4.78, 5) is 22.0. The normalized spacial score (nSPS) is 14.6. The molecule has 3 rings (SSSR count). The molecule has 0 bridgehead atoms. The van der Waals surface area contributed by atoms with Gasteiger partial charge in [-0.05, 0) is 38.0 Å². The van der Waals surface area contributed by atoms with Crippen LogP contribution in [0.25, 0.3) is 0 Å². The lowest BCUT2D eigenvalue weighted by molar-refractivity contribution is 0.195. The summed E-state index contributed by atoms with van der Waals surface area (Å²) < 4.78 is 1.76. The standard InChI is InChI=1S/C19H24Cl2N4O/c1-4-6-7-23-11-24(16-9-14(20)8-15(21)10-16)19-22-13(3)17(5-2)18(26)25(19)12-23/h8-10H,4-7,11-12H2,1-3H3. The lowest BCUT2D eigenvalue weighted by Crippen LogP contribution is -2.48. The fourth-order valence-corrected chi connectivity index (χ4v) is 3.86. The Morgan fingerprint density at radius 3 is 2.42 bits per heavy atom. The average Bonchev–Trinajstić information content (AvgIpc) is 2.59. The van der Waals surface area contributed by atoms with Crippen molar-refractivity contribution in [3.8, 4) is 0 Å². The van der Waals surface area contributed by atoms with E-state index < -0.39 is 0 Å². The fourth-order valence-electron chi connectivity index (χ4n) is 3.35. The Balaban J connectivity index is 2.14. The number of aryl methyl sites for hydroxylation is 1. The molecule has 0 saturated heterocycles. The number of halogens is 2. The number of hydrogen-bond acceptors (Lipinski definition) is 4. The van der Waals surface area contributed by atoms with E-state index in [1.54, 1.807) is 10.6 Å². The summed E-state index contributed by atoms with van der Waals surface area (Å²) in [6, 6.07) is 5.42. The highest BCUT2D eigenvalue weighted by Gasteiger charge is 2.27. The molecule has 7 heteroatoms. The first kappa shape index (κ1) is 19.2. The molecule has 26 heavy (non-hydrogen) atoms. The van der Waals surface area contributed by atoms with E-state index >= 15 is 0 Å².